The van der Waals surface area contributed by atoms with Gasteiger partial charge in [0.25, 0.3) is 5.91 Å². The lowest BCUT2D eigenvalue weighted by Crippen LogP contribution is -2.13. The van der Waals surface area contributed by atoms with Crippen molar-refractivity contribution < 1.29 is 13.9 Å². The Labute approximate surface area is 158 Å². The number of anilines is 1. The molecule has 5 heteroatoms. The lowest BCUT2D eigenvalue weighted by molar-refractivity contribution is -0.110. The number of carbonyl (C=O) groups excluding carboxylic acids is 1. The molecule has 0 bridgehead atoms. The molecule has 1 atom stereocenters. The minimum atomic E-state index is -0.370. The third-order valence-corrected chi connectivity index (χ3v) is 5.12. The summed E-state index contributed by atoms with van der Waals surface area (Å²) < 4.78 is 19.8. The van der Waals surface area contributed by atoms with Crippen molar-refractivity contribution in [3.05, 3.63) is 64.5 Å². The van der Waals surface area contributed by atoms with Crippen LogP contribution in [0.5, 0.6) is 0 Å². The summed E-state index contributed by atoms with van der Waals surface area (Å²) in [6, 6.07) is 10.6. The number of ether oxygens (including phenoxy) is 1. The molecule has 2 aromatic carbocycles. The topological polar surface area (TPSA) is 41.6 Å². The number of fused-ring (bicyclic) bond motifs is 2. The minimum Gasteiger partial charge on any atom is -0.484 e. The van der Waals surface area contributed by atoms with Crippen LogP contribution in [0.2, 0.25) is 0 Å². The summed E-state index contributed by atoms with van der Waals surface area (Å²) >= 11 is 0. The van der Waals surface area contributed by atoms with E-state index in [4.69, 9.17) is 4.74 Å². The van der Waals surface area contributed by atoms with E-state index in [0.29, 0.717) is 22.6 Å². The first-order valence-corrected chi connectivity index (χ1v) is 9.24. The van der Waals surface area contributed by atoms with Crippen molar-refractivity contribution in [2.24, 2.45) is 0 Å². The number of carbonyl (C=O) groups is 1. The van der Waals surface area contributed by atoms with E-state index in [1.54, 1.807) is 6.07 Å². The fourth-order valence-corrected chi connectivity index (χ4v) is 3.77. The van der Waals surface area contributed by atoms with Crippen molar-refractivity contribution in [3.8, 4) is 0 Å². The second kappa shape index (κ2) is 6.82. The molecule has 0 spiro atoms. The van der Waals surface area contributed by atoms with E-state index in [1.165, 1.54) is 17.7 Å². The third-order valence-electron chi connectivity index (χ3n) is 5.12. The molecule has 1 N–H and O–H groups in total. The van der Waals surface area contributed by atoms with Crippen LogP contribution >= 0.6 is 0 Å². The zero-order valence-corrected chi connectivity index (χ0v) is 15.8. The van der Waals surface area contributed by atoms with Crippen LogP contribution in [0.15, 0.2) is 36.4 Å². The van der Waals surface area contributed by atoms with E-state index in [0.717, 1.165) is 30.5 Å². The molecule has 0 aliphatic carbocycles. The van der Waals surface area contributed by atoms with Crippen LogP contribution in [-0.4, -0.2) is 31.4 Å². The highest BCUT2D eigenvalue weighted by molar-refractivity contribution is 6.36. The van der Waals surface area contributed by atoms with Gasteiger partial charge in [-0.1, -0.05) is 18.2 Å². The largest absolute Gasteiger partial charge is 0.484 e. The second-order valence-corrected chi connectivity index (χ2v) is 7.44. The van der Waals surface area contributed by atoms with E-state index in [1.807, 2.05) is 13.0 Å². The molecule has 27 heavy (non-hydrogen) atoms. The van der Waals surface area contributed by atoms with Crippen LogP contribution in [0.4, 0.5) is 10.1 Å². The molecule has 4 rings (SSSR count). The molecule has 1 amide bonds. The van der Waals surface area contributed by atoms with Crippen LogP contribution in [0.1, 0.15) is 41.7 Å². The number of nitrogens with zero attached hydrogens (tertiary/aromatic N) is 1. The van der Waals surface area contributed by atoms with Gasteiger partial charge in [0.1, 0.15) is 17.7 Å². The van der Waals surface area contributed by atoms with Gasteiger partial charge in [0.05, 0.1) is 5.57 Å². The Morgan fingerprint density at radius 3 is 2.74 bits per heavy atom. The molecular formula is C22H23FN2O2. The molecule has 4 nitrogen and oxygen atoms in total. The van der Waals surface area contributed by atoms with Gasteiger partial charge in [0, 0.05) is 22.4 Å². The summed E-state index contributed by atoms with van der Waals surface area (Å²) in [6.07, 6.45) is 1.95. The average molecular weight is 366 g/mol. The number of amides is 1. The highest BCUT2D eigenvalue weighted by Gasteiger charge is 2.35. The molecular weight excluding hydrogens is 343 g/mol. The Hall–Kier alpha value is -2.66. The van der Waals surface area contributed by atoms with Gasteiger partial charge in [-0.2, -0.15) is 0 Å². The second-order valence-electron chi connectivity index (χ2n) is 7.44. The van der Waals surface area contributed by atoms with Crippen LogP contribution in [0.3, 0.4) is 0 Å². The fourth-order valence-electron chi connectivity index (χ4n) is 3.77. The van der Waals surface area contributed by atoms with Gasteiger partial charge in [-0.3, -0.25) is 4.79 Å². The van der Waals surface area contributed by atoms with Crippen LogP contribution in [0.25, 0.3) is 11.3 Å². The maximum absolute atomic E-state index is 13.7. The van der Waals surface area contributed by atoms with Crippen molar-refractivity contribution in [3.63, 3.8) is 0 Å². The van der Waals surface area contributed by atoms with Crippen LogP contribution < -0.4 is 5.32 Å². The Morgan fingerprint density at radius 1 is 1.15 bits per heavy atom. The van der Waals surface area contributed by atoms with E-state index in [-0.39, 0.29) is 17.8 Å². The van der Waals surface area contributed by atoms with Crippen molar-refractivity contribution in [2.75, 3.05) is 26.0 Å². The van der Waals surface area contributed by atoms with Crippen molar-refractivity contribution >= 4 is 22.9 Å². The van der Waals surface area contributed by atoms with Gasteiger partial charge in [0.2, 0.25) is 0 Å². The maximum Gasteiger partial charge on any atom is 0.260 e. The normalized spacial score (nSPS) is 20.5. The van der Waals surface area contributed by atoms with Gasteiger partial charge >= 0.3 is 0 Å². The first kappa shape index (κ1) is 17.7. The summed E-state index contributed by atoms with van der Waals surface area (Å²) in [5, 5.41) is 2.80. The summed E-state index contributed by atoms with van der Waals surface area (Å²) in [5.41, 5.74) is 4.85. The molecule has 2 aromatic rings. The summed E-state index contributed by atoms with van der Waals surface area (Å²) in [5.74, 6) is -0.0780. The SMILES string of the molecule is CC1O/C(=C2/C(=O)Nc3ccc(F)cc32)c2ccc(CCCN(C)C)cc21. The highest BCUT2D eigenvalue weighted by atomic mass is 19.1. The highest BCUT2D eigenvalue weighted by Crippen LogP contribution is 2.45. The number of aryl methyl sites for hydroxylation is 1. The van der Waals surface area contributed by atoms with Gasteiger partial charge in [0.15, 0.2) is 0 Å². The van der Waals surface area contributed by atoms with Gasteiger partial charge in [-0.15, -0.1) is 0 Å². The quantitative estimate of drug-likeness (QED) is 0.824. The summed E-state index contributed by atoms with van der Waals surface area (Å²) in [4.78, 5) is 14.7. The summed E-state index contributed by atoms with van der Waals surface area (Å²) in [7, 11) is 4.15. The lowest BCUT2D eigenvalue weighted by atomic mass is 9.96. The zero-order chi connectivity index (χ0) is 19.1. The molecule has 140 valence electrons. The van der Waals surface area contributed by atoms with E-state index >= 15 is 0 Å². The Kier molecular flexibility index (Phi) is 4.48. The van der Waals surface area contributed by atoms with Gasteiger partial charge in [-0.25, -0.2) is 4.39 Å². The molecule has 2 aliphatic rings. The maximum atomic E-state index is 13.7. The number of halogens is 1. The molecule has 1 unspecified atom stereocenters. The molecule has 0 saturated carbocycles. The first-order chi connectivity index (χ1) is 12.9. The van der Waals surface area contributed by atoms with Gasteiger partial charge < -0.3 is 15.0 Å². The predicted octanol–water partition coefficient (Wildman–Crippen LogP) is 4.23. The van der Waals surface area contributed by atoms with E-state index in [9.17, 15) is 9.18 Å². The standard InChI is InChI=1S/C22H23FN2O2/c1-13-17-11-14(5-4-10-25(2)3)6-8-16(17)21(27-13)20-18-12-15(23)7-9-19(18)24-22(20)26/h6-9,11-13H,4-5,10H2,1-3H3,(H,24,26)/b21-20+. The fraction of sp³-hybridized carbons (Fsp3) is 0.318. The molecule has 0 fully saturated rings. The predicted molar refractivity (Wildman–Crippen MR) is 105 cm³/mol. The molecule has 0 radical (unpaired) electrons. The Morgan fingerprint density at radius 2 is 1.96 bits per heavy atom. The molecule has 0 aromatic heterocycles. The number of nitrogens with one attached hydrogen (secondary N) is 1. The van der Waals surface area contributed by atoms with Crippen molar-refractivity contribution in [2.45, 2.75) is 25.9 Å². The number of hydrogen-bond donors (Lipinski definition) is 1. The first-order valence-electron chi connectivity index (χ1n) is 9.24. The van der Waals surface area contributed by atoms with Crippen molar-refractivity contribution in [1.82, 2.24) is 4.90 Å². The number of hydrogen-bond acceptors (Lipinski definition) is 3. The average Bonchev–Trinajstić information content (AvgIpc) is 3.10. The van der Waals surface area contributed by atoms with Crippen LogP contribution in [0, 0.1) is 5.82 Å². The number of benzene rings is 2. The molecule has 2 aliphatic heterocycles. The lowest BCUT2D eigenvalue weighted by Gasteiger charge is -2.10. The van der Waals surface area contributed by atoms with E-state index in [2.05, 4.69) is 36.4 Å². The molecule has 2 heterocycles. The number of rotatable bonds is 4. The summed E-state index contributed by atoms with van der Waals surface area (Å²) in [6.45, 7) is 3.02. The third kappa shape index (κ3) is 3.23. The van der Waals surface area contributed by atoms with E-state index < -0.39 is 0 Å². The zero-order valence-electron chi connectivity index (χ0n) is 15.8. The smallest absolute Gasteiger partial charge is 0.260 e. The minimum absolute atomic E-state index is 0.137. The van der Waals surface area contributed by atoms with Gasteiger partial charge in [-0.05, 0) is 64.2 Å². The molecule has 0 saturated heterocycles. The Bertz CT molecular complexity index is 949. The van der Waals surface area contributed by atoms with Crippen molar-refractivity contribution in [1.29, 1.82) is 0 Å². The monoisotopic (exact) mass is 366 g/mol. The van der Waals surface area contributed by atoms with Crippen LogP contribution in [-0.2, 0) is 16.0 Å². The Balaban J connectivity index is 1.72.